The molecule has 6 heteroatoms. The van der Waals surface area contributed by atoms with Crippen molar-refractivity contribution in [1.82, 2.24) is 9.29 Å². The van der Waals surface area contributed by atoms with Crippen molar-refractivity contribution in [2.75, 3.05) is 13.1 Å². The molecule has 0 atom stereocenters. The van der Waals surface area contributed by atoms with Gasteiger partial charge in [-0.05, 0) is 56.4 Å². The molecule has 0 unspecified atom stereocenters. The largest absolute Gasteiger partial charge is 0.358 e. The summed E-state index contributed by atoms with van der Waals surface area (Å²) < 4.78 is 27.7. The molecule has 0 amide bonds. The molecule has 1 aliphatic rings. The lowest BCUT2D eigenvalue weighted by Crippen LogP contribution is -2.37. The Labute approximate surface area is 152 Å². The molecule has 0 radical (unpaired) electrons. The van der Waals surface area contributed by atoms with Gasteiger partial charge in [0.05, 0.1) is 0 Å². The molecule has 0 bridgehead atoms. The number of nitrogens with one attached hydrogen (secondary N) is 1. The van der Waals surface area contributed by atoms with Crippen LogP contribution in [-0.2, 0) is 10.0 Å². The number of thiophene rings is 1. The lowest BCUT2D eigenvalue weighted by molar-refractivity contribution is 0.320. The van der Waals surface area contributed by atoms with Gasteiger partial charge in [-0.25, -0.2) is 8.42 Å². The van der Waals surface area contributed by atoms with E-state index in [1.807, 2.05) is 19.1 Å². The number of piperidine rings is 1. The molecule has 1 fully saturated rings. The number of benzene rings is 1. The normalized spacial score (nSPS) is 17.4. The lowest BCUT2D eigenvalue weighted by Gasteiger charge is -2.31. The quantitative estimate of drug-likeness (QED) is 0.738. The molecule has 3 aromatic rings. The van der Waals surface area contributed by atoms with Gasteiger partial charge < -0.3 is 4.98 Å². The Morgan fingerprint density at radius 1 is 1.08 bits per heavy atom. The zero-order valence-corrected chi connectivity index (χ0v) is 16.1. The van der Waals surface area contributed by atoms with Gasteiger partial charge in [-0.2, -0.15) is 4.31 Å². The van der Waals surface area contributed by atoms with E-state index in [1.165, 1.54) is 33.5 Å². The number of H-pyrrole nitrogens is 1. The molecule has 2 aromatic heterocycles. The minimum absolute atomic E-state index is 0.410. The van der Waals surface area contributed by atoms with Crippen molar-refractivity contribution in [2.24, 2.45) is 0 Å². The summed E-state index contributed by atoms with van der Waals surface area (Å²) in [6, 6.07) is 12.0. The number of aromatic nitrogens is 1. The Morgan fingerprint density at radius 2 is 1.80 bits per heavy atom. The molecule has 132 valence electrons. The summed E-state index contributed by atoms with van der Waals surface area (Å²) in [6.45, 7) is 5.23. The fourth-order valence-corrected chi connectivity index (χ4v) is 6.79. The van der Waals surface area contributed by atoms with Crippen molar-refractivity contribution in [2.45, 2.75) is 36.8 Å². The number of sulfonamides is 1. The molecule has 0 saturated carbocycles. The Hall–Kier alpha value is -1.63. The fourth-order valence-electron chi connectivity index (χ4n) is 3.89. The van der Waals surface area contributed by atoms with Crippen molar-refractivity contribution < 1.29 is 8.42 Å². The van der Waals surface area contributed by atoms with Crippen molar-refractivity contribution in [3.05, 3.63) is 52.5 Å². The number of para-hydroxylation sites is 1. The van der Waals surface area contributed by atoms with Gasteiger partial charge in [-0.15, -0.1) is 11.3 Å². The first-order chi connectivity index (χ1) is 12.0. The van der Waals surface area contributed by atoms with E-state index < -0.39 is 10.0 Å². The van der Waals surface area contributed by atoms with Crippen LogP contribution in [-0.4, -0.2) is 30.8 Å². The SMILES string of the molecule is Cc1ccc(S(=O)(=O)N2CCC(c3c(C)[nH]c4ccccc34)CC2)s1. The van der Waals surface area contributed by atoms with Crippen LogP contribution in [0.15, 0.2) is 40.6 Å². The standard InChI is InChI=1S/C19H22N2O2S2/c1-13-7-8-18(24-13)25(22,23)21-11-9-15(10-12-21)19-14(2)20-17-6-4-3-5-16(17)19/h3-8,15,20H,9-12H2,1-2H3. The number of hydrogen-bond donors (Lipinski definition) is 1. The minimum Gasteiger partial charge on any atom is -0.358 e. The summed E-state index contributed by atoms with van der Waals surface area (Å²) in [5.41, 5.74) is 3.73. The van der Waals surface area contributed by atoms with Gasteiger partial charge in [0.2, 0.25) is 0 Å². The first kappa shape index (κ1) is 16.8. The first-order valence-corrected chi connectivity index (χ1v) is 10.9. The highest BCUT2D eigenvalue weighted by atomic mass is 32.2. The number of nitrogens with zero attached hydrogens (tertiary/aromatic N) is 1. The second-order valence-corrected chi connectivity index (χ2v) is 10.2. The van der Waals surface area contributed by atoms with Crippen molar-refractivity contribution >= 4 is 32.3 Å². The number of fused-ring (bicyclic) bond motifs is 1. The van der Waals surface area contributed by atoms with Gasteiger partial charge >= 0.3 is 0 Å². The molecule has 1 saturated heterocycles. The zero-order chi connectivity index (χ0) is 17.6. The van der Waals surface area contributed by atoms with Crippen LogP contribution in [0.1, 0.15) is 34.9 Å². The second kappa shape index (κ2) is 6.27. The van der Waals surface area contributed by atoms with Crippen LogP contribution in [0.3, 0.4) is 0 Å². The molecule has 0 aliphatic carbocycles. The predicted molar refractivity (Wildman–Crippen MR) is 103 cm³/mol. The van der Waals surface area contributed by atoms with E-state index >= 15 is 0 Å². The van der Waals surface area contributed by atoms with Crippen molar-refractivity contribution in [3.63, 3.8) is 0 Å². The Morgan fingerprint density at radius 3 is 2.48 bits per heavy atom. The average Bonchev–Trinajstić information content (AvgIpc) is 3.18. The van der Waals surface area contributed by atoms with E-state index in [0.29, 0.717) is 23.2 Å². The van der Waals surface area contributed by atoms with Crippen LogP contribution in [0.5, 0.6) is 0 Å². The molecule has 4 nitrogen and oxygen atoms in total. The van der Waals surface area contributed by atoms with Crippen molar-refractivity contribution in [1.29, 1.82) is 0 Å². The highest BCUT2D eigenvalue weighted by Gasteiger charge is 2.32. The highest BCUT2D eigenvalue weighted by Crippen LogP contribution is 2.37. The van der Waals surface area contributed by atoms with E-state index in [9.17, 15) is 8.42 Å². The fraction of sp³-hybridized carbons (Fsp3) is 0.368. The van der Waals surface area contributed by atoms with Gasteiger partial charge in [0.15, 0.2) is 0 Å². The van der Waals surface area contributed by atoms with E-state index in [0.717, 1.165) is 17.7 Å². The third-order valence-electron chi connectivity index (χ3n) is 5.12. The Bertz CT molecular complexity index is 1010. The molecule has 4 rings (SSSR count). The maximum absolute atomic E-state index is 12.8. The summed E-state index contributed by atoms with van der Waals surface area (Å²) in [5.74, 6) is 0.410. The van der Waals surface area contributed by atoms with E-state index in [1.54, 1.807) is 10.4 Å². The Balaban J connectivity index is 1.56. The summed E-state index contributed by atoms with van der Waals surface area (Å²) in [5, 5.41) is 1.27. The number of rotatable bonds is 3. The molecule has 1 aliphatic heterocycles. The molecular weight excluding hydrogens is 352 g/mol. The minimum atomic E-state index is -3.34. The van der Waals surface area contributed by atoms with Gasteiger partial charge in [0, 0.05) is 34.6 Å². The predicted octanol–water partition coefficient (Wildman–Crippen LogP) is 4.41. The topological polar surface area (TPSA) is 53.2 Å². The molecule has 1 aromatic carbocycles. The summed E-state index contributed by atoms with van der Waals surface area (Å²) in [7, 11) is -3.34. The maximum atomic E-state index is 12.8. The molecule has 1 N–H and O–H groups in total. The number of hydrogen-bond acceptors (Lipinski definition) is 3. The van der Waals surface area contributed by atoms with Gasteiger partial charge in [0.25, 0.3) is 10.0 Å². The van der Waals surface area contributed by atoms with E-state index in [2.05, 4.69) is 30.1 Å². The third-order valence-corrected chi connectivity index (χ3v) is 8.48. The molecular formula is C19H22N2O2S2. The van der Waals surface area contributed by atoms with Crippen LogP contribution in [0.4, 0.5) is 0 Å². The first-order valence-electron chi connectivity index (χ1n) is 8.60. The van der Waals surface area contributed by atoms with Crippen LogP contribution < -0.4 is 0 Å². The smallest absolute Gasteiger partial charge is 0.252 e. The van der Waals surface area contributed by atoms with Gasteiger partial charge in [0.1, 0.15) is 4.21 Å². The highest BCUT2D eigenvalue weighted by molar-refractivity contribution is 7.91. The summed E-state index contributed by atoms with van der Waals surface area (Å²) >= 11 is 1.36. The van der Waals surface area contributed by atoms with Crippen LogP contribution in [0.25, 0.3) is 10.9 Å². The molecule has 0 spiro atoms. The monoisotopic (exact) mass is 374 g/mol. The Kier molecular flexibility index (Phi) is 4.22. The van der Waals surface area contributed by atoms with E-state index in [-0.39, 0.29) is 0 Å². The molecule has 25 heavy (non-hydrogen) atoms. The third kappa shape index (κ3) is 2.92. The number of aryl methyl sites for hydroxylation is 2. The van der Waals surface area contributed by atoms with E-state index in [4.69, 9.17) is 0 Å². The summed E-state index contributed by atoms with van der Waals surface area (Å²) in [4.78, 5) is 4.49. The van der Waals surface area contributed by atoms with Crippen LogP contribution in [0, 0.1) is 13.8 Å². The van der Waals surface area contributed by atoms with Crippen LogP contribution >= 0.6 is 11.3 Å². The molecule has 3 heterocycles. The lowest BCUT2D eigenvalue weighted by atomic mass is 9.88. The van der Waals surface area contributed by atoms with Gasteiger partial charge in [-0.3, -0.25) is 0 Å². The zero-order valence-electron chi connectivity index (χ0n) is 14.5. The number of aromatic amines is 1. The van der Waals surface area contributed by atoms with Gasteiger partial charge in [-0.1, -0.05) is 18.2 Å². The van der Waals surface area contributed by atoms with Crippen LogP contribution in [0.2, 0.25) is 0 Å². The summed E-state index contributed by atoms with van der Waals surface area (Å²) in [6.07, 6.45) is 1.73. The second-order valence-electron chi connectivity index (χ2n) is 6.75. The average molecular weight is 375 g/mol. The maximum Gasteiger partial charge on any atom is 0.252 e. The van der Waals surface area contributed by atoms with Crippen molar-refractivity contribution in [3.8, 4) is 0 Å².